The second-order valence-corrected chi connectivity index (χ2v) is 10.3. The first-order chi connectivity index (χ1) is 14.2. The van der Waals surface area contributed by atoms with E-state index < -0.39 is 6.04 Å². The van der Waals surface area contributed by atoms with E-state index in [-0.39, 0.29) is 29.2 Å². The van der Waals surface area contributed by atoms with Gasteiger partial charge in [-0.3, -0.25) is 9.59 Å². The van der Waals surface area contributed by atoms with Crippen molar-refractivity contribution in [2.24, 2.45) is 11.3 Å². The quantitative estimate of drug-likeness (QED) is 0.738. The van der Waals surface area contributed by atoms with Gasteiger partial charge in [0.25, 0.3) is 0 Å². The molecular weight excluding hydrogens is 398 g/mol. The summed E-state index contributed by atoms with van der Waals surface area (Å²) in [5, 5.41) is 7.07. The molecule has 2 fully saturated rings. The fourth-order valence-electron chi connectivity index (χ4n) is 4.90. The summed E-state index contributed by atoms with van der Waals surface area (Å²) >= 11 is 6.06. The minimum absolute atomic E-state index is 0.0387. The summed E-state index contributed by atoms with van der Waals surface area (Å²) in [5.41, 5.74) is 1.21. The summed E-state index contributed by atoms with van der Waals surface area (Å²) in [5.74, 6) is 0.410. The monoisotopic (exact) mass is 433 g/mol. The van der Waals surface area contributed by atoms with Crippen LogP contribution in [0.2, 0.25) is 5.02 Å². The molecule has 0 bridgehead atoms. The first-order valence-electron chi connectivity index (χ1n) is 11.3. The molecule has 0 aliphatic carbocycles. The normalized spacial score (nSPS) is 25.1. The maximum atomic E-state index is 13.4. The third-order valence-electron chi connectivity index (χ3n) is 6.67. The fourth-order valence-corrected chi connectivity index (χ4v) is 5.02. The van der Waals surface area contributed by atoms with E-state index in [1.165, 1.54) is 5.56 Å². The Labute approximate surface area is 185 Å². The third-order valence-corrected chi connectivity index (χ3v) is 6.92. The molecule has 0 unspecified atom stereocenters. The molecule has 2 aliphatic heterocycles. The molecule has 2 N–H and O–H groups in total. The second-order valence-electron chi connectivity index (χ2n) is 9.87. The van der Waals surface area contributed by atoms with Crippen LogP contribution in [0.4, 0.5) is 0 Å². The van der Waals surface area contributed by atoms with Crippen molar-refractivity contribution < 1.29 is 9.59 Å². The Kier molecular flexibility index (Phi) is 7.46. The first kappa shape index (κ1) is 23.1. The van der Waals surface area contributed by atoms with Crippen LogP contribution in [0, 0.1) is 11.3 Å². The molecule has 5 nitrogen and oxygen atoms in total. The average Bonchev–Trinajstić information content (AvgIpc) is 2.72. The number of halogens is 1. The predicted molar refractivity (Wildman–Crippen MR) is 122 cm³/mol. The molecule has 166 valence electrons. The van der Waals surface area contributed by atoms with Crippen molar-refractivity contribution in [1.29, 1.82) is 0 Å². The number of rotatable bonds is 5. The highest BCUT2D eigenvalue weighted by Gasteiger charge is 2.40. The lowest BCUT2D eigenvalue weighted by atomic mass is 9.70. The minimum Gasteiger partial charge on any atom is -0.343 e. The Hall–Kier alpha value is -1.59. The van der Waals surface area contributed by atoms with Crippen LogP contribution in [0.15, 0.2) is 24.3 Å². The van der Waals surface area contributed by atoms with E-state index >= 15 is 0 Å². The molecule has 1 aromatic rings. The van der Waals surface area contributed by atoms with Crippen molar-refractivity contribution in [1.82, 2.24) is 15.5 Å². The lowest BCUT2D eigenvalue weighted by molar-refractivity contribution is -0.141. The molecule has 3 atom stereocenters. The van der Waals surface area contributed by atoms with E-state index in [0.29, 0.717) is 19.0 Å². The molecule has 1 aromatic carbocycles. The number of carbonyl (C=O) groups excluding carboxylic acids is 2. The number of hydrogen-bond acceptors (Lipinski definition) is 3. The molecule has 0 radical (unpaired) electrons. The van der Waals surface area contributed by atoms with E-state index in [2.05, 4.69) is 36.6 Å². The molecule has 2 aliphatic rings. The van der Waals surface area contributed by atoms with E-state index in [9.17, 15) is 9.59 Å². The van der Waals surface area contributed by atoms with Crippen LogP contribution in [0.5, 0.6) is 0 Å². The van der Waals surface area contributed by atoms with Gasteiger partial charge in [0, 0.05) is 18.1 Å². The van der Waals surface area contributed by atoms with Gasteiger partial charge in [-0.15, -0.1) is 0 Å². The third kappa shape index (κ3) is 5.36. The number of amides is 2. The molecule has 2 heterocycles. The zero-order valence-corrected chi connectivity index (χ0v) is 19.5. The molecule has 0 aromatic heterocycles. The second kappa shape index (κ2) is 9.69. The molecule has 2 amide bonds. The smallest absolute Gasteiger partial charge is 0.245 e. The van der Waals surface area contributed by atoms with Gasteiger partial charge in [-0.2, -0.15) is 0 Å². The van der Waals surface area contributed by atoms with Crippen molar-refractivity contribution in [2.45, 2.75) is 71.4 Å². The predicted octanol–water partition coefficient (Wildman–Crippen LogP) is 3.97. The highest BCUT2D eigenvalue weighted by molar-refractivity contribution is 6.30. The van der Waals surface area contributed by atoms with Crippen LogP contribution in [0.25, 0.3) is 0 Å². The number of nitrogens with zero attached hydrogens (tertiary/aromatic N) is 1. The molecule has 2 saturated heterocycles. The Balaban J connectivity index is 1.67. The molecule has 0 spiro atoms. The average molecular weight is 434 g/mol. The van der Waals surface area contributed by atoms with E-state index in [1.54, 1.807) is 0 Å². The van der Waals surface area contributed by atoms with Gasteiger partial charge in [-0.25, -0.2) is 0 Å². The van der Waals surface area contributed by atoms with Crippen LogP contribution in [-0.2, 0) is 9.59 Å². The standard InChI is InChI=1S/C24H36ClN3O2/c1-16(2)21(27-22(29)20-7-5-6-13-26-20)23(30)28-14-12-19(24(3,4)15-28)17-8-10-18(25)11-9-17/h8-11,16,19-21,26H,5-7,12-15H2,1-4H3,(H,27,29)/t19-,20-,21-/m1/s1. The topological polar surface area (TPSA) is 61.4 Å². The Morgan fingerprint density at radius 2 is 1.87 bits per heavy atom. The maximum absolute atomic E-state index is 13.4. The summed E-state index contributed by atoms with van der Waals surface area (Å²) in [7, 11) is 0. The molecule has 30 heavy (non-hydrogen) atoms. The van der Waals surface area contributed by atoms with E-state index in [1.807, 2.05) is 30.9 Å². The zero-order valence-electron chi connectivity index (χ0n) is 18.7. The summed E-state index contributed by atoms with van der Waals surface area (Å²) in [4.78, 5) is 28.1. The fraction of sp³-hybridized carbons (Fsp3) is 0.667. The minimum atomic E-state index is -0.482. The molecular formula is C24H36ClN3O2. The number of piperidine rings is 2. The van der Waals surface area contributed by atoms with E-state index in [0.717, 1.165) is 37.3 Å². The van der Waals surface area contributed by atoms with E-state index in [4.69, 9.17) is 11.6 Å². The molecule has 6 heteroatoms. The van der Waals surface area contributed by atoms with Crippen LogP contribution < -0.4 is 10.6 Å². The summed E-state index contributed by atoms with van der Waals surface area (Å²) < 4.78 is 0. The Morgan fingerprint density at radius 3 is 2.43 bits per heavy atom. The van der Waals surface area contributed by atoms with Crippen LogP contribution >= 0.6 is 11.6 Å². The van der Waals surface area contributed by atoms with Gasteiger partial charge >= 0.3 is 0 Å². The van der Waals surface area contributed by atoms with Gasteiger partial charge in [0.1, 0.15) is 6.04 Å². The maximum Gasteiger partial charge on any atom is 0.245 e. The van der Waals surface area contributed by atoms with Gasteiger partial charge in [0.15, 0.2) is 0 Å². The lowest BCUT2D eigenvalue weighted by Gasteiger charge is -2.46. The number of carbonyl (C=O) groups is 2. The van der Waals surface area contributed by atoms with Crippen molar-refractivity contribution in [3.05, 3.63) is 34.9 Å². The Bertz CT molecular complexity index is 741. The number of benzene rings is 1. The largest absolute Gasteiger partial charge is 0.343 e. The van der Waals surface area contributed by atoms with Crippen LogP contribution in [-0.4, -0.2) is 48.4 Å². The Morgan fingerprint density at radius 1 is 1.17 bits per heavy atom. The summed E-state index contributed by atoms with van der Waals surface area (Å²) in [6, 6.07) is 7.41. The summed E-state index contributed by atoms with van der Waals surface area (Å²) in [6.07, 6.45) is 3.90. The van der Waals surface area contributed by atoms with Crippen LogP contribution in [0.3, 0.4) is 0 Å². The summed E-state index contributed by atoms with van der Waals surface area (Å²) in [6.45, 7) is 10.7. The molecule has 0 saturated carbocycles. The van der Waals surface area contributed by atoms with Gasteiger partial charge in [0.05, 0.1) is 6.04 Å². The van der Waals surface area contributed by atoms with Gasteiger partial charge < -0.3 is 15.5 Å². The lowest BCUT2D eigenvalue weighted by Crippen LogP contribution is -2.58. The van der Waals surface area contributed by atoms with Gasteiger partial charge in [-0.1, -0.05) is 57.8 Å². The van der Waals surface area contributed by atoms with Gasteiger partial charge in [-0.05, 0) is 60.8 Å². The van der Waals surface area contributed by atoms with Crippen LogP contribution in [0.1, 0.15) is 64.9 Å². The highest BCUT2D eigenvalue weighted by atomic mass is 35.5. The number of nitrogens with one attached hydrogen (secondary N) is 2. The SMILES string of the molecule is CC(C)[C@@H](NC(=O)[C@H]1CCCCN1)C(=O)N1CC[C@H](c2ccc(Cl)cc2)C(C)(C)C1. The number of likely N-dealkylation sites (tertiary alicyclic amines) is 1. The van der Waals surface area contributed by atoms with Crippen molar-refractivity contribution >= 4 is 23.4 Å². The highest BCUT2D eigenvalue weighted by Crippen LogP contribution is 2.42. The zero-order chi connectivity index (χ0) is 21.9. The van der Waals surface area contributed by atoms with Gasteiger partial charge in [0.2, 0.25) is 11.8 Å². The first-order valence-corrected chi connectivity index (χ1v) is 11.6. The van der Waals surface area contributed by atoms with Crippen molar-refractivity contribution in [2.75, 3.05) is 19.6 Å². The van der Waals surface area contributed by atoms with Crippen molar-refractivity contribution in [3.8, 4) is 0 Å². The molecule has 3 rings (SSSR count). The van der Waals surface area contributed by atoms with Crippen molar-refractivity contribution in [3.63, 3.8) is 0 Å². The number of hydrogen-bond donors (Lipinski definition) is 2.